The summed E-state index contributed by atoms with van der Waals surface area (Å²) in [6.45, 7) is 1.37. The number of nitrogens with one attached hydrogen (secondary N) is 2. The molecule has 2 aromatic carbocycles. The summed E-state index contributed by atoms with van der Waals surface area (Å²) in [5.41, 5.74) is 4.55. The Morgan fingerprint density at radius 3 is 2.69 bits per heavy atom. The quantitative estimate of drug-likeness (QED) is 0.575. The molecule has 1 atom stereocenters. The second-order valence-corrected chi connectivity index (χ2v) is 8.07. The standard InChI is InChI=1S/C26H28N4O2/c1-30(26(32)21-10-11-23-20(18-21)12-15-28-23)22(17-19-7-3-2-4-8-19)13-16-29-25(31)24-9-5-6-14-27-24/h2-11,14,18,22,28H,12-13,15-17H2,1H3,(H,29,31)/t22-/m1/s1. The van der Waals surface area contributed by atoms with Crippen molar-refractivity contribution in [2.75, 3.05) is 25.5 Å². The van der Waals surface area contributed by atoms with Gasteiger partial charge < -0.3 is 15.5 Å². The Hall–Kier alpha value is -3.67. The van der Waals surface area contributed by atoms with Crippen LogP contribution in [0.3, 0.4) is 0 Å². The highest BCUT2D eigenvalue weighted by atomic mass is 16.2. The van der Waals surface area contributed by atoms with Crippen molar-refractivity contribution >= 4 is 17.5 Å². The molecule has 0 spiro atoms. The number of hydrogen-bond acceptors (Lipinski definition) is 4. The molecule has 0 unspecified atom stereocenters. The first kappa shape index (κ1) is 21.6. The van der Waals surface area contributed by atoms with Crippen LogP contribution < -0.4 is 10.6 Å². The Morgan fingerprint density at radius 1 is 1.09 bits per heavy atom. The average molecular weight is 429 g/mol. The summed E-state index contributed by atoms with van der Waals surface area (Å²) in [4.78, 5) is 31.6. The summed E-state index contributed by atoms with van der Waals surface area (Å²) in [5, 5.41) is 6.27. The van der Waals surface area contributed by atoms with Crippen LogP contribution in [-0.4, -0.2) is 47.9 Å². The number of anilines is 1. The number of nitrogens with zero attached hydrogens (tertiary/aromatic N) is 2. The van der Waals surface area contributed by atoms with Crippen LogP contribution in [0, 0.1) is 0 Å². The molecule has 6 heteroatoms. The van der Waals surface area contributed by atoms with Crippen molar-refractivity contribution in [3.8, 4) is 0 Å². The molecular formula is C26H28N4O2. The first-order chi connectivity index (χ1) is 15.6. The molecule has 164 valence electrons. The Bertz CT molecular complexity index is 1070. The van der Waals surface area contributed by atoms with Gasteiger partial charge in [-0.1, -0.05) is 36.4 Å². The van der Waals surface area contributed by atoms with E-state index in [1.165, 1.54) is 5.56 Å². The molecule has 2 amide bonds. The Balaban J connectivity index is 1.45. The molecule has 0 radical (unpaired) electrons. The number of aromatic nitrogens is 1. The number of carbonyl (C=O) groups is 2. The summed E-state index contributed by atoms with van der Waals surface area (Å²) >= 11 is 0. The van der Waals surface area contributed by atoms with Crippen LogP contribution in [0.4, 0.5) is 5.69 Å². The Kier molecular flexibility index (Phi) is 6.80. The fourth-order valence-electron chi connectivity index (χ4n) is 4.07. The van der Waals surface area contributed by atoms with Crippen LogP contribution in [0.15, 0.2) is 72.9 Å². The van der Waals surface area contributed by atoms with Gasteiger partial charge in [-0.25, -0.2) is 0 Å². The zero-order chi connectivity index (χ0) is 22.3. The third-order valence-corrected chi connectivity index (χ3v) is 5.90. The Labute approximate surface area is 188 Å². The van der Waals surface area contributed by atoms with Gasteiger partial charge in [0.25, 0.3) is 11.8 Å². The van der Waals surface area contributed by atoms with E-state index in [-0.39, 0.29) is 17.9 Å². The number of carbonyl (C=O) groups excluding carboxylic acids is 2. The summed E-state index contributed by atoms with van der Waals surface area (Å²) in [7, 11) is 1.85. The zero-order valence-corrected chi connectivity index (χ0v) is 18.3. The van der Waals surface area contributed by atoms with Gasteiger partial charge in [-0.15, -0.1) is 0 Å². The molecule has 6 nitrogen and oxygen atoms in total. The van der Waals surface area contributed by atoms with Crippen LogP contribution in [0.25, 0.3) is 0 Å². The van der Waals surface area contributed by atoms with Gasteiger partial charge >= 0.3 is 0 Å². The molecule has 2 N–H and O–H groups in total. The van der Waals surface area contributed by atoms with E-state index in [2.05, 4.69) is 27.8 Å². The van der Waals surface area contributed by atoms with Crippen molar-refractivity contribution in [2.45, 2.75) is 25.3 Å². The zero-order valence-electron chi connectivity index (χ0n) is 18.3. The lowest BCUT2D eigenvalue weighted by atomic mass is 10.0. The first-order valence-electron chi connectivity index (χ1n) is 11.0. The lowest BCUT2D eigenvalue weighted by molar-refractivity contribution is 0.0722. The number of likely N-dealkylation sites (N-methyl/N-ethyl adjacent to an activating group) is 1. The molecule has 4 rings (SSSR count). The molecular weight excluding hydrogens is 400 g/mol. The highest BCUT2D eigenvalue weighted by Gasteiger charge is 2.23. The molecule has 0 fully saturated rings. The largest absolute Gasteiger partial charge is 0.384 e. The van der Waals surface area contributed by atoms with E-state index in [1.54, 1.807) is 24.4 Å². The first-order valence-corrected chi connectivity index (χ1v) is 11.0. The van der Waals surface area contributed by atoms with Crippen LogP contribution in [0.2, 0.25) is 0 Å². The number of rotatable bonds is 8. The summed E-state index contributed by atoms with van der Waals surface area (Å²) < 4.78 is 0. The van der Waals surface area contributed by atoms with E-state index in [1.807, 2.05) is 48.3 Å². The number of pyridine rings is 1. The van der Waals surface area contributed by atoms with Gasteiger partial charge in [0.2, 0.25) is 0 Å². The lowest BCUT2D eigenvalue weighted by Crippen LogP contribution is -2.41. The van der Waals surface area contributed by atoms with Gasteiger partial charge in [-0.3, -0.25) is 14.6 Å². The number of fused-ring (bicyclic) bond motifs is 1. The molecule has 1 aliphatic heterocycles. The number of benzene rings is 2. The summed E-state index contributed by atoms with van der Waals surface area (Å²) in [5.74, 6) is -0.208. The maximum absolute atomic E-state index is 13.3. The van der Waals surface area contributed by atoms with Gasteiger partial charge in [0, 0.05) is 43.6 Å². The molecule has 1 aromatic heterocycles. The van der Waals surface area contributed by atoms with E-state index >= 15 is 0 Å². The molecule has 0 saturated heterocycles. The molecule has 1 aliphatic rings. The van der Waals surface area contributed by atoms with Crippen molar-refractivity contribution in [2.24, 2.45) is 0 Å². The fraction of sp³-hybridized carbons (Fsp3) is 0.269. The van der Waals surface area contributed by atoms with Crippen molar-refractivity contribution in [3.05, 3.63) is 95.3 Å². The van der Waals surface area contributed by atoms with Gasteiger partial charge in [0.1, 0.15) is 5.69 Å². The fourth-order valence-corrected chi connectivity index (χ4v) is 4.07. The molecule has 0 bridgehead atoms. The van der Waals surface area contributed by atoms with Gasteiger partial charge in [-0.2, -0.15) is 0 Å². The maximum Gasteiger partial charge on any atom is 0.269 e. The van der Waals surface area contributed by atoms with E-state index < -0.39 is 0 Å². The molecule has 0 saturated carbocycles. The third-order valence-electron chi connectivity index (χ3n) is 5.90. The van der Waals surface area contributed by atoms with Crippen LogP contribution >= 0.6 is 0 Å². The number of amides is 2. The molecule has 32 heavy (non-hydrogen) atoms. The van der Waals surface area contributed by atoms with Crippen molar-refractivity contribution in [3.63, 3.8) is 0 Å². The lowest BCUT2D eigenvalue weighted by Gasteiger charge is -2.29. The molecule has 0 aliphatic carbocycles. The van der Waals surface area contributed by atoms with E-state index in [4.69, 9.17) is 0 Å². The van der Waals surface area contributed by atoms with Gasteiger partial charge in [0.15, 0.2) is 0 Å². The molecule has 3 aromatic rings. The topological polar surface area (TPSA) is 74.3 Å². The smallest absolute Gasteiger partial charge is 0.269 e. The van der Waals surface area contributed by atoms with Crippen LogP contribution in [0.1, 0.15) is 38.4 Å². The highest BCUT2D eigenvalue weighted by Crippen LogP contribution is 2.24. The minimum absolute atomic E-state index is 0.00307. The van der Waals surface area contributed by atoms with Crippen LogP contribution in [-0.2, 0) is 12.8 Å². The molecule has 2 heterocycles. The van der Waals surface area contributed by atoms with E-state index in [0.717, 1.165) is 30.6 Å². The van der Waals surface area contributed by atoms with Crippen molar-refractivity contribution in [1.82, 2.24) is 15.2 Å². The van der Waals surface area contributed by atoms with E-state index in [0.29, 0.717) is 24.2 Å². The second-order valence-electron chi connectivity index (χ2n) is 8.07. The van der Waals surface area contributed by atoms with Crippen molar-refractivity contribution in [1.29, 1.82) is 0 Å². The Morgan fingerprint density at radius 2 is 1.91 bits per heavy atom. The predicted octanol–water partition coefficient (Wildman–Crippen LogP) is 3.55. The van der Waals surface area contributed by atoms with Crippen LogP contribution in [0.5, 0.6) is 0 Å². The third kappa shape index (κ3) is 5.14. The monoisotopic (exact) mass is 428 g/mol. The van der Waals surface area contributed by atoms with E-state index in [9.17, 15) is 9.59 Å². The average Bonchev–Trinajstić information content (AvgIpc) is 3.31. The van der Waals surface area contributed by atoms with Crippen molar-refractivity contribution < 1.29 is 9.59 Å². The van der Waals surface area contributed by atoms with Gasteiger partial charge in [-0.05, 0) is 60.7 Å². The maximum atomic E-state index is 13.3. The normalized spacial score (nSPS) is 13.0. The summed E-state index contributed by atoms with van der Waals surface area (Å²) in [6.07, 6.45) is 3.90. The highest BCUT2D eigenvalue weighted by molar-refractivity contribution is 5.95. The second kappa shape index (κ2) is 10.1. The van der Waals surface area contributed by atoms with Gasteiger partial charge in [0.05, 0.1) is 0 Å². The summed E-state index contributed by atoms with van der Waals surface area (Å²) in [6, 6.07) is 21.2. The minimum atomic E-state index is -0.204. The number of hydrogen-bond donors (Lipinski definition) is 2. The SMILES string of the molecule is CN(C(=O)c1ccc2c(c1)CCN2)[C@H](CCNC(=O)c1ccccn1)Cc1ccccc1. The minimum Gasteiger partial charge on any atom is -0.384 e. The predicted molar refractivity (Wildman–Crippen MR) is 126 cm³/mol.